The second kappa shape index (κ2) is 8.33. The van der Waals surface area contributed by atoms with E-state index in [2.05, 4.69) is 5.32 Å². The molecule has 0 aliphatic carbocycles. The van der Waals surface area contributed by atoms with Crippen LogP contribution in [-0.2, 0) is 4.79 Å². The molecule has 0 saturated carbocycles. The first-order chi connectivity index (χ1) is 13.0. The summed E-state index contributed by atoms with van der Waals surface area (Å²) >= 11 is 0. The van der Waals surface area contributed by atoms with Gasteiger partial charge in [0.05, 0.1) is 19.8 Å². The zero-order chi connectivity index (χ0) is 19.3. The number of hydrogen-bond acceptors (Lipinski definition) is 4. The minimum Gasteiger partial charge on any atom is -0.497 e. The van der Waals surface area contributed by atoms with Crippen LogP contribution in [0.5, 0.6) is 17.2 Å². The number of methoxy groups -OCH3 is 1. The van der Waals surface area contributed by atoms with E-state index in [9.17, 15) is 4.79 Å². The third-order valence-corrected chi connectivity index (χ3v) is 4.57. The van der Waals surface area contributed by atoms with Gasteiger partial charge in [0.15, 0.2) is 0 Å². The monoisotopic (exact) mass is 369 g/mol. The zero-order valence-corrected chi connectivity index (χ0v) is 16.2. The third kappa shape index (κ3) is 5.16. The van der Waals surface area contributed by atoms with Gasteiger partial charge in [0.25, 0.3) is 0 Å². The first kappa shape index (κ1) is 19.1. The van der Waals surface area contributed by atoms with E-state index in [-0.39, 0.29) is 17.6 Å². The van der Waals surface area contributed by atoms with Crippen LogP contribution in [0.15, 0.2) is 48.5 Å². The van der Waals surface area contributed by atoms with Crippen molar-refractivity contribution in [1.82, 2.24) is 5.32 Å². The van der Waals surface area contributed by atoms with Crippen molar-refractivity contribution in [3.05, 3.63) is 54.1 Å². The van der Waals surface area contributed by atoms with E-state index in [1.165, 1.54) is 0 Å². The molecule has 0 bridgehead atoms. The molecule has 1 heterocycles. The summed E-state index contributed by atoms with van der Waals surface area (Å²) in [6, 6.07) is 15.3. The Morgan fingerprint density at radius 3 is 2.70 bits per heavy atom. The van der Waals surface area contributed by atoms with E-state index < -0.39 is 0 Å². The molecule has 0 fully saturated rings. The number of fused-ring (bicyclic) bond motifs is 1. The van der Waals surface area contributed by atoms with Crippen LogP contribution in [0, 0.1) is 0 Å². The fourth-order valence-electron chi connectivity index (χ4n) is 3.29. The van der Waals surface area contributed by atoms with E-state index in [1.54, 1.807) is 7.11 Å². The van der Waals surface area contributed by atoms with Crippen molar-refractivity contribution in [3.8, 4) is 17.2 Å². The summed E-state index contributed by atoms with van der Waals surface area (Å²) in [5.74, 6) is 2.36. The van der Waals surface area contributed by atoms with Crippen LogP contribution in [0.1, 0.15) is 44.7 Å². The molecular weight excluding hydrogens is 342 g/mol. The van der Waals surface area contributed by atoms with Crippen LogP contribution in [0.25, 0.3) is 0 Å². The van der Waals surface area contributed by atoms with E-state index in [0.29, 0.717) is 19.4 Å². The van der Waals surface area contributed by atoms with Gasteiger partial charge < -0.3 is 19.5 Å². The fourth-order valence-corrected chi connectivity index (χ4v) is 3.29. The van der Waals surface area contributed by atoms with Gasteiger partial charge in [-0.2, -0.15) is 0 Å². The summed E-state index contributed by atoms with van der Waals surface area (Å²) in [4.78, 5) is 12.4. The van der Waals surface area contributed by atoms with E-state index in [1.807, 2.05) is 62.4 Å². The Bertz CT molecular complexity index is 773. The van der Waals surface area contributed by atoms with Gasteiger partial charge in [-0.1, -0.05) is 18.2 Å². The summed E-state index contributed by atoms with van der Waals surface area (Å²) in [7, 11) is 1.63. The molecule has 0 aromatic heterocycles. The predicted molar refractivity (Wildman–Crippen MR) is 104 cm³/mol. The van der Waals surface area contributed by atoms with Gasteiger partial charge in [-0.25, -0.2) is 0 Å². The summed E-state index contributed by atoms with van der Waals surface area (Å²) in [5.41, 5.74) is 0.636. The molecule has 5 heteroatoms. The highest BCUT2D eigenvalue weighted by molar-refractivity contribution is 5.76. The number of hydrogen-bond donors (Lipinski definition) is 1. The van der Waals surface area contributed by atoms with E-state index >= 15 is 0 Å². The number of carbonyl (C=O) groups is 1. The normalized spacial score (nSPS) is 17.4. The molecule has 144 valence electrons. The topological polar surface area (TPSA) is 56.8 Å². The minimum absolute atomic E-state index is 0.0242. The highest BCUT2D eigenvalue weighted by atomic mass is 16.5. The molecule has 3 rings (SSSR count). The average Bonchev–Trinajstić information content (AvgIpc) is 2.64. The zero-order valence-electron chi connectivity index (χ0n) is 16.2. The molecular formula is C22H27NO4. The molecule has 1 N–H and O–H groups in total. The molecule has 1 amide bonds. The van der Waals surface area contributed by atoms with Gasteiger partial charge in [-0.05, 0) is 44.5 Å². The third-order valence-electron chi connectivity index (χ3n) is 4.57. The molecule has 0 unspecified atom stereocenters. The molecule has 27 heavy (non-hydrogen) atoms. The van der Waals surface area contributed by atoms with Crippen molar-refractivity contribution in [2.24, 2.45) is 0 Å². The quantitative estimate of drug-likeness (QED) is 0.741. The maximum atomic E-state index is 12.4. The van der Waals surface area contributed by atoms with E-state index in [0.717, 1.165) is 29.2 Å². The van der Waals surface area contributed by atoms with Crippen molar-refractivity contribution in [2.45, 2.75) is 44.8 Å². The number of benzene rings is 2. The van der Waals surface area contributed by atoms with Crippen LogP contribution in [0.4, 0.5) is 0 Å². The first-order valence-corrected chi connectivity index (χ1v) is 9.31. The number of amides is 1. The lowest BCUT2D eigenvalue weighted by atomic mass is 9.89. The minimum atomic E-state index is -0.353. The molecule has 1 atom stereocenters. The van der Waals surface area contributed by atoms with Gasteiger partial charge in [0.1, 0.15) is 22.8 Å². The summed E-state index contributed by atoms with van der Waals surface area (Å²) < 4.78 is 17.0. The maximum Gasteiger partial charge on any atom is 0.220 e. The SMILES string of the molecule is COc1ccc2c(c1)OC(C)(C)C[C@H]2NC(=O)CCCOc1ccccc1. The molecule has 0 spiro atoms. The summed E-state index contributed by atoms with van der Waals surface area (Å²) in [5, 5.41) is 3.15. The lowest BCUT2D eigenvalue weighted by Crippen LogP contribution is -2.41. The Hall–Kier alpha value is -2.69. The number of carbonyl (C=O) groups excluding carboxylic acids is 1. The van der Waals surface area contributed by atoms with Crippen molar-refractivity contribution < 1.29 is 19.0 Å². The van der Waals surface area contributed by atoms with Crippen LogP contribution < -0.4 is 19.5 Å². The van der Waals surface area contributed by atoms with Crippen LogP contribution in [-0.4, -0.2) is 25.2 Å². The predicted octanol–water partition coefficient (Wildman–Crippen LogP) is 4.27. The van der Waals surface area contributed by atoms with Crippen molar-refractivity contribution in [3.63, 3.8) is 0 Å². The molecule has 0 saturated heterocycles. The Labute approximate surface area is 160 Å². The number of para-hydroxylation sites is 1. The van der Waals surface area contributed by atoms with Gasteiger partial charge >= 0.3 is 0 Å². The highest BCUT2D eigenvalue weighted by Gasteiger charge is 2.34. The fraction of sp³-hybridized carbons (Fsp3) is 0.409. The summed E-state index contributed by atoms with van der Waals surface area (Å²) in [6.07, 6.45) is 1.82. The number of rotatable bonds is 7. The van der Waals surface area contributed by atoms with Crippen LogP contribution in [0.3, 0.4) is 0 Å². The average molecular weight is 369 g/mol. The molecule has 2 aromatic rings. The van der Waals surface area contributed by atoms with E-state index in [4.69, 9.17) is 14.2 Å². The highest BCUT2D eigenvalue weighted by Crippen LogP contribution is 2.41. The molecule has 2 aromatic carbocycles. The van der Waals surface area contributed by atoms with Gasteiger partial charge in [-0.15, -0.1) is 0 Å². The lowest BCUT2D eigenvalue weighted by molar-refractivity contribution is -0.122. The van der Waals surface area contributed by atoms with Crippen molar-refractivity contribution >= 4 is 5.91 Å². The summed E-state index contributed by atoms with van der Waals surface area (Å²) in [6.45, 7) is 4.58. The molecule has 5 nitrogen and oxygen atoms in total. The Kier molecular flexibility index (Phi) is 5.89. The van der Waals surface area contributed by atoms with Crippen LogP contribution >= 0.6 is 0 Å². The van der Waals surface area contributed by atoms with Gasteiger partial charge in [0.2, 0.25) is 5.91 Å². The number of ether oxygens (including phenoxy) is 3. The Morgan fingerprint density at radius 1 is 1.19 bits per heavy atom. The second-order valence-corrected chi connectivity index (χ2v) is 7.35. The van der Waals surface area contributed by atoms with Crippen LogP contribution in [0.2, 0.25) is 0 Å². The maximum absolute atomic E-state index is 12.4. The van der Waals surface area contributed by atoms with Gasteiger partial charge in [-0.3, -0.25) is 4.79 Å². The number of nitrogens with one attached hydrogen (secondary N) is 1. The first-order valence-electron chi connectivity index (χ1n) is 9.31. The lowest BCUT2D eigenvalue weighted by Gasteiger charge is -2.38. The molecule has 0 radical (unpaired) electrons. The second-order valence-electron chi connectivity index (χ2n) is 7.35. The van der Waals surface area contributed by atoms with Gasteiger partial charge in [0, 0.05) is 24.5 Å². The van der Waals surface area contributed by atoms with Crippen molar-refractivity contribution in [1.29, 1.82) is 0 Å². The standard InChI is InChI=1S/C22H27NO4/c1-22(2)15-19(18-12-11-17(25-3)14-20(18)27-22)23-21(24)10-7-13-26-16-8-5-4-6-9-16/h4-6,8-9,11-12,14,19H,7,10,13,15H2,1-3H3,(H,23,24)/t19-/m1/s1. The largest absolute Gasteiger partial charge is 0.497 e. The molecule has 1 aliphatic rings. The Balaban J connectivity index is 1.55. The Morgan fingerprint density at radius 2 is 1.96 bits per heavy atom. The molecule has 1 aliphatic heterocycles. The smallest absolute Gasteiger partial charge is 0.220 e. The van der Waals surface area contributed by atoms with Crippen molar-refractivity contribution in [2.75, 3.05) is 13.7 Å².